The molecule has 0 aliphatic heterocycles. The second kappa shape index (κ2) is 67.3. The second-order valence-corrected chi connectivity index (χ2v) is 23.9. The van der Waals surface area contributed by atoms with Crippen LogP contribution in [-0.4, -0.2) is 47.4 Å². The Hall–Kier alpha value is -2.18. The van der Waals surface area contributed by atoms with Crippen molar-refractivity contribution in [3.8, 4) is 0 Å². The van der Waals surface area contributed by atoms with Crippen LogP contribution >= 0.6 is 0 Å². The summed E-state index contributed by atoms with van der Waals surface area (Å²) in [5.74, 6) is -0.0599. The Morgan fingerprint density at radius 1 is 0.359 bits per heavy atom. The molecule has 0 saturated carbocycles. The molecular weight excluding hydrogens is 959 g/mol. The summed E-state index contributed by atoms with van der Waals surface area (Å²) in [5.41, 5.74) is 0. The Balaban J connectivity index is 3.42. The van der Waals surface area contributed by atoms with Gasteiger partial charge in [-0.3, -0.25) is 9.59 Å². The summed E-state index contributed by atoms with van der Waals surface area (Å²) >= 11 is 0. The first-order valence-corrected chi connectivity index (χ1v) is 34.9. The predicted molar refractivity (Wildman–Crippen MR) is 342 cm³/mol. The molecule has 3 N–H and O–H groups in total. The Labute approximate surface area is 486 Å². The number of unbranched alkanes of at least 4 members (excludes halogenated alkanes) is 48. The first-order chi connectivity index (χ1) is 38.5. The summed E-state index contributed by atoms with van der Waals surface area (Å²) in [6.45, 7) is 4.92. The van der Waals surface area contributed by atoms with Gasteiger partial charge in [-0.2, -0.15) is 0 Å². The molecular formula is C72H135NO5. The smallest absolute Gasteiger partial charge is 0.305 e. The van der Waals surface area contributed by atoms with Gasteiger partial charge in [0.2, 0.25) is 5.91 Å². The predicted octanol–water partition coefficient (Wildman–Crippen LogP) is 22.5. The lowest BCUT2D eigenvalue weighted by Crippen LogP contribution is -2.45. The highest BCUT2D eigenvalue weighted by atomic mass is 16.5. The van der Waals surface area contributed by atoms with Gasteiger partial charge in [-0.25, -0.2) is 0 Å². The zero-order chi connectivity index (χ0) is 56.4. The minimum Gasteiger partial charge on any atom is -0.466 e. The fourth-order valence-corrected chi connectivity index (χ4v) is 10.7. The largest absolute Gasteiger partial charge is 0.466 e. The third-order valence-corrected chi connectivity index (χ3v) is 16.1. The number of carbonyl (C=O) groups excluding carboxylic acids is 2. The van der Waals surface area contributed by atoms with E-state index in [1.165, 1.54) is 295 Å². The first-order valence-electron chi connectivity index (χ1n) is 34.9. The Morgan fingerprint density at radius 2 is 0.641 bits per heavy atom. The lowest BCUT2D eigenvalue weighted by atomic mass is 10.0. The van der Waals surface area contributed by atoms with E-state index in [4.69, 9.17) is 4.74 Å². The summed E-state index contributed by atoms with van der Waals surface area (Å²) in [4.78, 5) is 24.6. The Morgan fingerprint density at radius 3 is 0.987 bits per heavy atom. The number of allylic oxidation sites excluding steroid dienone is 7. The van der Waals surface area contributed by atoms with Gasteiger partial charge in [-0.05, 0) is 89.9 Å². The van der Waals surface area contributed by atoms with Crippen LogP contribution in [0.1, 0.15) is 373 Å². The molecule has 0 aliphatic rings. The standard InChI is InChI=1S/C72H135NO5/c1-3-5-7-9-11-13-15-17-19-20-30-34-38-42-46-50-54-58-62-66-72(77)78-67-63-59-55-51-47-43-39-35-32-29-27-25-23-21-22-24-26-28-31-33-37-41-45-49-53-57-61-65-71(76)73-69(68-74)70(75)64-60-56-52-48-44-40-36-18-16-14-12-10-8-6-4-2/h17,19,21-22,25,27,60,64,69-70,74-75H,3-16,18,20,23-24,26,28-59,61-63,65-68H2,1-2H3,(H,73,76)/b19-17-,22-21-,27-25-,64-60+. The average Bonchev–Trinajstić information content (AvgIpc) is 3.44. The molecule has 0 aliphatic carbocycles. The van der Waals surface area contributed by atoms with Gasteiger partial charge < -0.3 is 20.3 Å². The Kier molecular flexibility index (Phi) is 65.4. The van der Waals surface area contributed by atoms with E-state index < -0.39 is 12.1 Å². The molecule has 458 valence electrons. The van der Waals surface area contributed by atoms with E-state index in [-0.39, 0.29) is 18.5 Å². The van der Waals surface area contributed by atoms with Gasteiger partial charge >= 0.3 is 5.97 Å². The lowest BCUT2D eigenvalue weighted by Gasteiger charge is -2.20. The van der Waals surface area contributed by atoms with Crippen LogP contribution in [0, 0.1) is 0 Å². The fourth-order valence-electron chi connectivity index (χ4n) is 10.7. The van der Waals surface area contributed by atoms with Gasteiger partial charge in [-0.15, -0.1) is 0 Å². The zero-order valence-corrected chi connectivity index (χ0v) is 52.4. The molecule has 0 aromatic carbocycles. The molecule has 2 atom stereocenters. The average molecular weight is 1090 g/mol. The molecule has 0 bridgehead atoms. The number of aliphatic hydroxyl groups excluding tert-OH is 2. The van der Waals surface area contributed by atoms with Gasteiger partial charge in [0, 0.05) is 12.8 Å². The van der Waals surface area contributed by atoms with E-state index in [2.05, 4.69) is 55.6 Å². The third kappa shape index (κ3) is 63.0. The first kappa shape index (κ1) is 75.8. The van der Waals surface area contributed by atoms with Crippen molar-refractivity contribution >= 4 is 11.9 Å². The highest BCUT2D eigenvalue weighted by Crippen LogP contribution is 2.17. The monoisotopic (exact) mass is 1090 g/mol. The van der Waals surface area contributed by atoms with Crippen LogP contribution in [0.5, 0.6) is 0 Å². The molecule has 6 heteroatoms. The second-order valence-electron chi connectivity index (χ2n) is 23.9. The maximum absolute atomic E-state index is 12.5. The van der Waals surface area contributed by atoms with Crippen LogP contribution in [0.25, 0.3) is 0 Å². The molecule has 0 aromatic heterocycles. The van der Waals surface area contributed by atoms with Crippen molar-refractivity contribution in [1.29, 1.82) is 0 Å². The summed E-state index contributed by atoms with van der Waals surface area (Å²) in [6, 6.07) is -0.631. The van der Waals surface area contributed by atoms with E-state index in [1.807, 2.05) is 6.08 Å². The minimum atomic E-state index is -0.847. The van der Waals surface area contributed by atoms with E-state index in [9.17, 15) is 19.8 Å². The van der Waals surface area contributed by atoms with Crippen molar-refractivity contribution in [2.24, 2.45) is 0 Å². The molecule has 78 heavy (non-hydrogen) atoms. The van der Waals surface area contributed by atoms with Crippen molar-refractivity contribution in [1.82, 2.24) is 5.32 Å². The number of ether oxygens (including phenoxy) is 1. The van der Waals surface area contributed by atoms with Crippen LogP contribution in [0.3, 0.4) is 0 Å². The summed E-state index contributed by atoms with van der Waals surface area (Å²) in [5, 5.41) is 23.1. The maximum atomic E-state index is 12.5. The number of amides is 1. The van der Waals surface area contributed by atoms with Crippen molar-refractivity contribution in [3.63, 3.8) is 0 Å². The molecule has 0 aromatic rings. The van der Waals surface area contributed by atoms with E-state index in [0.717, 1.165) is 51.4 Å². The Bertz CT molecular complexity index is 1310. The van der Waals surface area contributed by atoms with Crippen molar-refractivity contribution < 1.29 is 24.5 Å². The summed E-state index contributed by atoms with van der Waals surface area (Å²) < 4.78 is 5.50. The molecule has 0 heterocycles. The molecule has 1 amide bonds. The lowest BCUT2D eigenvalue weighted by molar-refractivity contribution is -0.143. The molecule has 0 saturated heterocycles. The number of carbonyl (C=O) groups is 2. The quantitative estimate of drug-likeness (QED) is 0.0320. The summed E-state index contributed by atoms with van der Waals surface area (Å²) in [6.07, 6.45) is 87.5. The van der Waals surface area contributed by atoms with Crippen LogP contribution in [0.4, 0.5) is 0 Å². The van der Waals surface area contributed by atoms with Gasteiger partial charge in [-0.1, -0.05) is 319 Å². The van der Waals surface area contributed by atoms with Gasteiger partial charge in [0.15, 0.2) is 0 Å². The van der Waals surface area contributed by atoms with Crippen molar-refractivity contribution in [2.75, 3.05) is 13.2 Å². The highest BCUT2D eigenvalue weighted by molar-refractivity contribution is 5.76. The van der Waals surface area contributed by atoms with Crippen LogP contribution in [0.15, 0.2) is 48.6 Å². The molecule has 2 unspecified atom stereocenters. The van der Waals surface area contributed by atoms with Crippen molar-refractivity contribution in [3.05, 3.63) is 48.6 Å². The molecule has 0 radical (unpaired) electrons. The molecule has 6 nitrogen and oxygen atoms in total. The normalized spacial score (nSPS) is 12.8. The van der Waals surface area contributed by atoms with E-state index >= 15 is 0 Å². The van der Waals surface area contributed by atoms with E-state index in [1.54, 1.807) is 6.08 Å². The van der Waals surface area contributed by atoms with Crippen LogP contribution < -0.4 is 5.32 Å². The van der Waals surface area contributed by atoms with Crippen LogP contribution in [0.2, 0.25) is 0 Å². The number of hydrogen-bond acceptors (Lipinski definition) is 5. The topological polar surface area (TPSA) is 95.9 Å². The molecule has 0 rings (SSSR count). The number of rotatable bonds is 65. The van der Waals surface area contributed by atoms with Gasteiger partial charge in [0.25, 0.3) is 0 Å². The molecule has 0 spiro atoms. The third-order valence-electron chi connectivity index (χ3n) is 16.1. The van der Waals surface area contributed by atoms with Gasteiger partial charge in [0.1, 0.15) is 0 Å². The molecule has 0 fully saturated rings. The van der Waals surface area contributed by atoms with Crippen molar-refractivity contribution in [2.45, 2.75) is 386 Å². The van der Waals surface area contributed by atoms with E-state index in [0.29, 0.717) is 19.4 Å². The minimum absolute atomic E-state index is 0.00996. The zero-order valence-electron chi connectivity index (χ0n) is 52.4. The highest BCUT2D eigenvalue weighted by Gasteiger charge is 2.18. The number of esters is 1. The fraction of sp³-hybridized carbons (Fsp3) is 0.861. The van der Waals surface area contributed by atoms with Crippen LogP contribution in [-0.2, 0) is 14.3 Å². The maximum Gasteiger partial charge on any atom is 0.305 e. The SMILES string of the molecule is CCCCCCCC/C=C\CCCCCCCCCCCC(=O)OCCCCCCCCCCC/C=C\C/C=C\CCCCCCCCCCCCCC(=O)NC(CO)C(O)/C=C/CCCCCCCCCCCCCCC. The summed E-state index contributed by atoms with van der Waals surface area (Å²) in [7, 11) is 0. The number of aliphatic hydroxyl groups is 2. The number of hydrogen-bond donors (Lipinski definition) is 3. The van der Waals surface area contributed by atoms with Gasteiger partial charge in [0.05, 0.1) is 25.4 Å². The number of nitrogens with one attached hydrogen (secondary N) is 1.